The Kier molecular flexibility index (Phi) is 10.6. The van der Waals surface area contributed by atoms with Gasteiger partial charge >= 0.3 is 0 Å². The highest BCUT2D eigenvalue weighted by Crippen LogP contribution is 2.41. The van der Waals surface area contributed by atoms with Crippen LogP contribution in [0.3, 0.4) is 0 Å². The second kappa shape index (κ2) is 20.2. The lowest BCUT2D eigenvalue weighted by Gasteiger charge is -2.27. The first kappa shape index (κ1) is 38.9. The number of hydrogen-bond acceptors (Lipinski definition) is 2. The third kappa shape index (κ3) is 9.09. The molecule has 0 aliphatic rings. The largest absolute Gasteiger partial charge is 0.311 e. The zero-order chi connectivity index (χ0) is 54.7. The van der Waals surface area contributed by atoms with E-state index in [-0.39, 0.29) is 12.1 Å². The topological polar surface area (TPSA) is 6.48 Å². The predicted molar refractivity (Wildman–Crippen MR) is 318 cm³/mol. The van der Waals surface area contributed by atoms with E-state index in [0.29, 0.717) is 11.1 Å². The SMILES string of the molecule is [2H]C([2H])=C([2H])c1ccc(-c2ccc(N(c3ccc(-c4ccc(N(c5ccc(-c6ccc(C([2H])=C([2H])[2H])cc6)cc5)c5ccc(-c6cccc7ccccc67)cc5)cc4)cc3)c3ccc(-c4cccc5ccccc45)cc3)cc2)cc1. The van der Waals surface area contributed by atoms with Gasteiger partial charge in [-0.3, -0.25) is 0 Å². The molecule has 0 aliphatic heterocycles. The van der Waals surface area contributed by atoms with Gasteiger partial charge in [0.2, 0.25) is 0 Å². The molecule has 0 saturated heterocycles. The predicted octanol–water partition coefficient (Wildman–Crippen LogP) is 20.6. The molecule has 12 aromatic carbocycles. The highest BCUT2D eigenvalue weighted by Gasteiger charge is 2.17. The summed E-state index contributed by atoms with van der Waals surface area (Å²) in [5.41, 5.74) is 17.9. The van der Waals surface area contributed by atoms with Gasteiger partial charge in [-0.2, -0.15) is 0 Å². The molecule has 12 aromatic rings. The minimum atomic E-state index is -0.508. The summed E-state index contributed by atoms with van der Waals surface area (Å²) in [5, 5.41) is 4.83. The van der Waals surface area contributed by atoms with Crippen LogP contribution in [0.5, 0.6) is 0 Å². The smallest absolute Gasteiger partial charge is 0.0623 e. The molecule has 74 heavy (non-hydrogen) atoms. The number of rotatable bonds is 13. The van der Waals surface area contributed by atoms with Gasteiger partial charge < -0.3 is 9.80 Å². The van der Waals surface area contributed by atoms with E-state index >= 15 is 0 Å². The number of anilines is 6. The molecule has 0 heterocycles. The lowest BCUT2D eigenvalue weighted by atomic mass is 9.98. The third-order valence-corrected chi connectivity index (χ3v) is 14.0. The fourth-order valence-corrected chi connectivity index (χ4v) is 10.1. The van der Waals surface area contributed by atoms with Crippen molar-refractivity contribution >= 4 is 67.8 Å². The van der Waals surface area contributed by atoms with Gasteiger partial charge in [-0.1, -0.05) is 231 Å². The Hall–Kier alpha value is -9.76. The molecular formula is C72H52N2. The quantitative estimate of drug-likeness (QED) is 0.114. The highest BCUT2D eigenvalue weighted by molar-refractivity contribution is 5.98. The van der Waals surface area contributed by atoms with Gasteiger partial charge in [0.1, 0.15) is 0 Å². The summed E-state index contributed by atoms with van der Waals surface area (Å²) in [4.78, 5) is 4.55. The maximum atomic E-state index is 8.10. The van der Waals surface area contributed by atoms with Gasteiger partial charge in [0, 0.05) is 34.1 Å². The molecule has 0 atom stereocenters. The Balaban J connectivity index is 0.864. The Labute approximate surface area is 442 Å². The van der Waals surface area contributed by atoms with Gasteiger partial charge in [-0.05, 0) is 161 Å². The first-order chi connectivity index (χ1) is 39.1. The minimum absolute atomic E-state index is 0.104. The Bertz CT molecular complexity index is 3940. The molecule has 2 heteroatoms. The van der Waals surface area contributed by atoms with Crippen LogP contribution in [0.1, 0.15) is 19.4 Å². The summed E-state index contributed by atoms with van der Waals surface area (Å²) in [6.45, 7) is -1.02. The number of fused-ring (bicyclic) bond motifs is 2. The summed E-state index contributed by atoms with van der Waals surface area (Å²) in [6.07, 6.45) is 0. The zero-order valence-corrected chi connectivity index (χ0v) is 40.5. The Morgan fingerprint density at radius 1 is 0.257 bits per heavy atom. The van der Waals surface area contributed by atoms with Gasteiger partial charge in [0.25, 0.3) is 0 Å². The van der Waals surface area contributed by atoms with Gasteiger partial charge in [0.05, 0.1) is 8.22 Å². The maximum Gasteiger partial charge on any atom is 0.0623 e. The summed E-state index contributed by atoms with van der Waals surface area (Å²) in [6, 6.07) is 96.5. The molecule has 0 amide bonds. The second-order valence-corrected chi connectivity index (χ2v) is 18.4. The standard InChI is InChI=1S/C72H52N2/c1-3-51-19-23-53(24-20-51)55-27-39-63(40-28-55)73(67-47-35-61(36-48-67)71-17-9-13-59-11-5-7-15-69(59)71)65-43-31-57(32-44-65)58-33-45-66(46-34-58)74(64-41-29-56(30-42-64)54-25-21-52(4-2)22-26-54)68-49-37-62(38-50-68)72-18-10-14-60-12-6-8-16-70(60)72/h3-50H,1-2H2/i1D2,2D2,3D,4D. The molecule has 0 aromatic heterocycles. The molecule has 0 aliphatic carbocycles. The summed E-state index contributed by atoms with van der Waals surface area (Å²) >= 11 is 0. The van der Waals surface area contributed by atoms with E-state index in [9.17, 15) is 0 Å². The molecule has 0 unspecified atom stereocenters. The van der Waals surface area contributed by atoms with Crippen molar-refractivity contribution in [2.24, 2.45) is 0 Å². The molecule has 350 valence electrons. The van der Waals surface area contributed by atoms with Crippen LogP contribution in [0, 0.1) is 0 Å². The maximum absolute atomic E-state index is 8.10. The summed E-state index contributed by atoms with van der Waals surface area (Å²) < 4.78 is 46.6. The zero-order valence-electron chi connectivity index (χ0n) is 46.5. The van der Waals surface area contributed by atoms with E-state index in [1.54, 1.807) is 24.3 Å². The average molecular weight is 951 g/mol. The third-order valence-electron chi connectivity index (χ3n) is 14.0. The number of hydrogen-bond donors (Lipinski definition) is 0. The van der Waals surface area contributed by atoms with Crippen LogP contribution in [0.4, 0.5) is 34.1 Å². The minimum Gasteiger partial charge on any atom is -0.311 e. The second-order valence-electron chi connectivity index (χ2n) is 18.4. The van der Waals surface area contributed by atoms with Crippen LogP contribution in [-0.2, 0) is 0 Å². The first-order valence-corrected chi connectivity index (χ1v) is 24.8. The molecule has 0 saturated carbocycles. The van der Waals surface area contributed by atoms with Crippen molar-refractivity contribution in [3.63, 3.8) is 0 Å². The Morgan fingerprint density at radius 3 is 0.784 bits per heavy atom. The fourth-order valence-electron chi connectivity index (χ4n) is 10.1. The van der Waals surface area contributed by atoms with Crippen LogP contribution in [0.15, 0.2) is 292 Å². The monoisotopic (exact) mass is 950 g/mol. The van der Waals surface area contributed by atoms with E-state index in [0.717, 1.165) is 78.6 Å². The van der Waals surface area contributed by atoms with Gasteiger partial charge in [-0.15, -0.1) is 0 Å². The van der Waals surface area contributed by atoms with Crippen molar-refractivity contribution in [2.75, 3.05) is 9.80 Å². The van der Waals surface area contributed by atoms with E-state index in [1.807, 2.05) is 24.3 Å². The van der Waals surface area contributed by atoms with E-state index < -0.39 is 13.1 Å². The lowest BCUT2D eigenvalue weighted by molar-refractivity contribution is 1.28. The highest BCUT2D eigenvalue weighted by atomic mass is 15.1. The molecule has 0 radical (unpaired) electrons. The molecule has 12 rings (SSSR count). The van der Waals surface area contributed by atoms with Crippen LogP contribution in [0.2, 0.25) is 0 Å². The van der Waals surface area contributed by atoms with Crippen molar-refractivity contribution in [3.8, 4) is 55.6 Å². The normalized spacial score (nSPS) is 12.1. The van der Waals surface area contributed by atoms with Gasteiger partial charge in [0.15, 0.2) is 0 Å². The van der Waals surface area contributed by atoms with E-state index in [2.05, 4.69) is 240 Å². The Morgan fingerprint density at radius 2 is 0.500 bits per heavy atom. The average Bonchev–Trinajstić information content (AvgIpc) is 3.55. The van der Waals surface area contributed by atoms with E-state index in [1.165, 1.54) is 32.7 Å². The molecule has 0 spiro atoms. The van der Waals surface area contributed by atoms with Crippen LogP contribution >= 0.6 is 0 Å². The first-order valence-electron chi connectivity index (χ1n) is 27.8. The molecule has 2 nitrogen and oxygen atoms in total. The van der Waals surface area contributed by atoms with Crippen molar-refractivity contribution in [2.45, 2.75) is 0 Å². The number of nitrogens with zero attached hydrogens (tertiary/aromatic N) is 2. The molecule has 0 fully saturated rings. The lowest BCUT2D eigenvalue weighted by Crippen LogP contribution is -2.10. The van der Waals surface area contributed by atoms with E-state index in [4.69, 9.17) is 8.22 Å². The van der Waals surface area contributed by atoms with Crippen LogP contribution < -0.4 is 9.80 Å². The van der Waals surface area contributed by atoms with Crippen LogP contribution in [0.25, 0.3) is 89.3 Å². The summed E-state index contributed by atoms with van der Waals surface area (Å²) in [7, 11) is 0. The van der Waals surface area contributed by atoms with Gasteiger partial charge in [-0.25, -0.2) is 0 Å². The molecule has 0 N–H and O–H groups in total. The van der Waals surface area contributed by atoms with Crippen molar-refractivity contribution in [3.05, 3.63) is 303 Å². The van der Waals surface area contributed by atoms with Crippen molar-refractivity contribution < 1.29 is 8.22 Å². The molecule has 0 bridgehead atoms. The molecular weight excluding hydrogens is 893 g/mol. The number of benzene rings is 12. The fraction of sp³-hybridized carbons (Fsp3) is 0. The summed E-state index contributed by atoms with van der Waals surface area (Å²) in [5.74, 6) is 0. The van der Waals surface area contributed by atoms with Crippen molar-refractivity contribution in [1.82, 2.24) is 0 Å². The van der Waals surface area contributed by atoms with Crippen LogP contribution in [-0.4, -0.2) is 0 Å². The van der Waals surface area contributed by atoms with Crippen molar-refractivity contribution in [1.29, 1.82) is 0 Å².